The van der Waals surface area contributed by atoms with Gasteiger partial charge in [0.2, 0.25) is 0 Å². The van der Waals surface area contributed by atoms with Gasteiger partial charge in [0.1, 0.15) is 23.8 Å². The zero-order valence-corrected chi connectivity index (χ0v) is 13.5. The summed E-state index contributed by atoms with van der Waals surface area (Å²) in [4.78, 5) is 6.37. The van der Waals surface area contributed by atoms with Gasteiger partial charge in [0, 0.05) is 31.1 Å². The van der Waals surface area contributed by atoms with Crippen molar-refractivity contribution in [3.05, 3.63) is 46.7 Å². The average molecular weight is 338 g/mol. The fraction of sp³-hybridized carbons (Fsp3) is 0.438. The Hall–Kier alpha value is -1.54. The second kappa shape index (κ2) is 7.35. The third-order valence-electron chi connectivity index (χ3n) is 3.61. The van der Waals surface area contributed by atoms with Crippen LogP contribution in [-0.2, 0) is 11.3 Å². The lowest BCUT2D eigenvalue weighted by Crippen LogP contribution is -2.48. The van der Waals surface area contributed by atoms with Crippen LogP contribution in [0.3, 0.4) is 0 Å². The molecule has 0 saturated carbocycles. The van der Waals surface area contributed by atoms with E-state index in [-0.39, 0.29) is 19.0 Å². The van der Waals surface area contributed by atoms with Gasteiger partial charge >= 0.3 is 0 Å². The Kier molecular flexibility index (Phi) is 5.22. The van der Waals surface area contributed by atoms with E-state index in [2.05, 4.69) is 9.88 Å². The maximum atomic E-state index is 13.2. The number of benzene rings is 1. The first kappa shape index (κ1) is 16.3. The molecule has 1 aromatic carbocycles. The largest absolute Gasteiger partial charge is 0.490 e. The number of aromatic nitrogens is 1. The number of β-amino-alcohol motifs (C(OH)–C–C–N with tert-alkyl or cyclic N) is 1. The Balaban J connectivity index is 1.61. The molecule has 5 nitrogen and oxygen atoms in total. The smallest absolute Gasteiger partial charge is 0.134 e. The zero-order chi connectivity index (χ0) is 16.1. The van der Waals surface area contributed by atoms with E-state index in [0.717, 1.165) is 12.2 Å². The molecule has 0 aliphatic carbocycles. The minimum atomic E-state index is -1.14. The van der Waals surface area contributed by atoms with Gasteiger partial charge in [-0.25, -0.2) is 9.37 Å². The third kappa shape index (κ3) is 4.71. The van der Waals surface area contributed by atoms with E-state index in [0.29, 0.717) is 25.4 Å². The second-order valence-corrected chi connectivity index (χ2v) is 6.43. The van der Waals surface area contributed by atoms with Crippen molar-refractivity contribution in [2.45, 2.75) is 12.1 Å². The highest BCUT2D eigenvalue weighted by molar-refractivity contribution is 7.07. The van der Waals surface area contributed by atoms with Crippen LogP contribution in [0.25, 0.3) is 0 Å². The van der Waals surface area contributed by atoms with Crippen LogP contribution in [0.4, 0.5) is 4.39 Å². The minimum Gasteiger partial charge on any atom is -0.490 e. The molecule has 1 saturated heterocycles. The van der Waals surface area contributed by atoms with E-state index < -0.39 is 5.60 Å². The molecule has 0 radical (unpaired) electrons. The monoisotopic (exact) mass is 338 g/mol. The molecule has 1 aliphatic heterocycles. The molecule has 124 valence electrons. The summed E-state index contributed by atoms with van der Waals surface area (Å²) in [6, 6.07) is 5.89. The summed E-state index contributed by atoms with van der Waals surface area (Å²) in [5.74, 6) is 0.0329. The van der Waals surface area contributed by atoms with E-state index in [1.54, 1.807) is 29.0 Å². The fourth-order valence-corrected chi connectivity index (χ4v) is 3.09. The van der Waals surface area contributed by atoms with Crippen molar-refractivity contribution in [3.8, 4) is 5.75 Å². The summed E-state index contributed by atoms with van der Waals surface area (Å²) >= 11 is 1.55. The number of thiazole rings is 1. The number of hydrogen-bond acceptors (Lipinski definition) is 6. The minimum absolute atomic E-state index is 0.0457. The van der Waals surface area contributed by atoms with Crippen LogP contribution in [0.1, 0.15) is 5.69 Å². The van der Waals surface area contributed by atoms with Crippen molar-refractivity contribution in [2.24, 2.45) is 0 Å². The van der Waals surface area contributed by atoms with Crippen molar-refractivity contribution < 1.29 is 19.0 Å². The highest BCUT2D eigenvalue weighted by atomic mass is 32.1. The summed E-state index contributed by atoms with van der Waals surface area (Å²) in [5.41, 5.74) is 1.63. The standard InChI is InChI=1S/C16H19FN2O3S/c17-13-2-1-3-15(6-13)22-11-16(20)9-19(4-5-21-10-16)7-14-8-23-12-18-14/h1-3,6,8,12,20H,4-5,7,9-11H2. The van der Waals surface area contributed by atoms with E-state index in [9.17, 15) is 9.50 Å². The lowest BCUT2D eigenvalue weighted by Gasteiger charge is -2.30. The quantitative estimate of drug-likeness (QED) is 0.903. The van der Waals surface area contributed by atoms with Crippen LogP contribution in [0.5, 0.6) is 5.75 Å². The van der Waals surface area contributed by atoms with Crippen LogP contribution < -0.4 is 4.74 Å². The first-order valence-corrected chi connectivity index (χ1v) is 8.35. The summed E-state index contributed by atoms with van der Waals surface area (Å²) in [7, 11) is 0. The zero-order valence-electron chi connectivity index (χ0n) is 12.7. The molecule has 1 unspecified atom stereocenters. The van der Waals surface area contributed by atoms with Gasteiger partial charge in [0.15, 0.2) is 0 Å². The van der Waals surface area contributed by atoms with E-state index in [1.807, 2.05) is 5.38 Å². The molecule has 1 aliphatic rings. The molecule has 1 fully saturated rings. The number of ether oxygens (including phenoxy) is 2. The Labute approximate surface area is 138 Å². The van der Waals surface area contributed by atoms with Crippen LogP contribution >= 0.6 is 11.3 Å². The van der Waals surface area contributed by atoms with Gasteiger partial charge in [-0.1, -0.05) is 6.07 Å². The molecule has 23 heavy (non-hydrogen) atoms. The molecule has 1 aromatic heterocycles. The van der Waals surface area contributed by atoms with E-state index in [1.165, 1.54) is 12.1 Å². The molecule has 7 heteroatoms. The van der Waals surface area contributed by atoms with Crippen molar-refractivity contribution in [2.75, 3.05) is 32.9 Å². The Morgan fingerprint density at radius 3 is 3.17 bits per heavy atom. The van der Waals surface area contributed by atoms with Crippen molar-refractivity contribution in [3.63, 3.8) is 0 Å². The molecule has 1 atom stereocenters. The van der Waals surface area contributed by atoms with Crippen LogP contribution in [0, 0.1) is 5.82 Å². The summed E-state index contributed by atoms with van der Waals surface area (Å²) in [6.45, 7) is 2.58. The molecule has 2 heterocycles. The van der Waals surface area contributed by atoms with Gasteiger partial charge in [-0.2, -0.15) is 0 Å². The van der Waals surface area contributed by atoms with Gasteiger partial charge < -0.3 is 14.6 Å². The Bertz CT molecular complexity index is 626. The van der Waals surface area contributed by atoms with Gasteiger partial charge in [-0.3, -0.25) is 4.90 Å². The van der Waals surface area contributed by atoms with Crippen LogP contribution in [0.2, 0.25) is 0 Å². The summed E-state index contributed by atoms with van der Waals surface area (Å²) < 4.78 is 24.3. The van der Waals surface area contributed by atoms with Gasteiger partial charge in [0.25, 0.3) is 0 Å². The van der Waals surface area contributed by atoms with Gasteiger partial charge in [-0.15, -0.1) is 11.3 Å². The first-order chi connectivity index (χ1) is 11.1. The molecular formula is C16H19FN2O3S. The molecule has 1 N–H and O–H groups in total. The normalized spacial score (nSPS) is 22.7. The number of rotatable bonds is 5. The highest BCUT2D eigenvalue weighted by Gasteiger charge is 2.33. The van der Waals surface area contributed by atoms with Gasteiger partial charge in [-0.05, 0) is 12.1 Å². The molecule has 0 spiro atoms. The van der Waals surface area contributed by atoms with Crippen molar-refractivity contribution in [1.82, 2.24) is 9.88 Å². The number of aliphatic hydroxyl groups is 1. The topological polar surface area (TPSA) is 54.8 Å². The highest BCUT2D eigenvalue weighted by Crippen LogP contribution is 2.19. The van der Waals surface area contributed by atoms with Gasteiger partial charge in [0.05, 0.1) is 24.4 Å². The summed E-state index contributed by atoms with van der Waals surface area (Å²) in [5, 5.41) is 12.8. The Morgan fingerprint density at radius 1 is 1.48 bits per heavy atom. The molecule has 0 amide bonds. The van der Waals surface area contributed by atoms with Crippen LogP contribution in [0.15, 0.2) is 35.2 Å². The molecule has 0 bridgehead atoms. The second-order valence-electron chi connectivity index (χ2n) is 5.71. The number of nitrogens with zero attached hydrogens (tertiary/aromatic N) is 2. The first-order valence-electron chi connectivity index (χ1n) is 7.41. The number of halogens is 1. The summed E-state index contributed by atoms with van der Waals surface area (Å²) in [6.07, 6.45) is 0. The number of hydrogen-bond donors (Lipinski definition) is 1. The predicted octanol–water partition coefficient (Wildman–Crippen LogP) is 1.92. The lowest BCUT2D eigenvalue weighted by atomic mass is 10.1. The molecule has 3 rings (SSSR count). The Morgan fingerprint density at radius 2 is 2.39 bits per heavy atom. The van der Waals surface area contributed by atoms with Crippen molar-refractivity contribution in [1.29, 1.82) is 0 Å². The molecule has 2 aromatic rings. The lowest BCUT2D eigenvalue weighted by molar-refractivity contribution is -0.0647. The van der Waals surface area contributed by atoms with Crippen LogP contribution in [-0.4, -0.2) is 53.5 Å². The average Bonchev–Trinajstić information content (AvgIpc) is 2.95. The fourth-order valence-electron chi connectivity index (χ4n) is 2.54. The van der Waals surface area contributed by atoms with E-state index >= 15 is 0 Å². The molecular weight excluding hydrogens is 319 g/mol. The predicted molar refractivity (Wildman–Crippen MR) is 85.1 cm³/mol. The third-order valence-corrected chi connectivity index (χ3v) is 4.25. The maximum Gasteiger partial charge on any atom is 0.134 e. The van der Waals surface area contributed by atoms with Crippen molar-refractivity contribution >= 4 is 11.3 Å². The maximum absolute atomic E-state index is 13.2. The SMILES string of the molecule is OC1(COc2cccc(F)c2)COCCN(Cc2cscn2)C1. The van der Waals surface area contributed by atoms with E-state index in [4.69, 9.17) is 9.47 Å².